The first kappa shape index (κ1) is 18.0. The summed E-state index contributed by atoms with van der Waals surface area (Å²) in [5, 5.41) is 23.6. The van der Waals surface area contributed by atoms with Crippen molar-refractivity contribution in [3.63, 3.8) is 0 Å². The summed E-state index contributed by atoms with van der Waals surface area (Å²) < 4.78 is 0.814. The van der Waals surface area contributed by atoms with Gasteiger partial charge < -0.3 is 5.11 Å². The van der Waals surface area contributed by atoms with Crippen molar-refractivity contribution < 1.29 is 5.11 Å². The van der Waals surface area contributed by atoms with Gasteiger partial charge in [-0.15, -0.1) is 4.91 Å². The fraction of sp³-hybridized carbons (Fsp3) is 0.200. The Hall–Kier alpha value is -2.78. The highest BCUT2D eigenvalue weighted by molar-refractivity contribution is 9.10. The Bertz CT molecular complexity index is 1020. The van der Waals surface area contributed by atoms with E-state index in [1.54, 1.807) is 12.1 Å². The van der Waals surface area contributed by atoms with E-state index in [1.165, 1.54) is 6.20 Å². The molecule has 1 aromatic heterocycles. The summed E-state index contributed by atoms with van der Waals surface area (Å²) >= 11 is 3.41. The van der Waals surface area contributed by atoms with E-state index in [-0.39, 0.29) is 5.75 Å². The molecule has 0 saturated heterocycles. The van der Waals surface area contributed by atoms with Crippen molar-refractivity contribution in [3.05, 3.63) is 74.7 Å². The smallest absolute Gasteiger partial charge is 0.146 e. The van der Waals surface area contributed by atoms with Crippen LogP contribution in [0.4, 0.5) is 0 Å². The standard InChI is InChI=1S/C20H16BrN3O2/c1-20(2,11-22)13-5-3-12(4-6-13)19(24-26)18-15-9-14(21)7-8-16(15)23-10-17(18)25/h3-10,19,25H,1-2H3. The van der Waals surface area contributed by atoms with E-state index >= 15 is 0 Å². The van der Waals surface area contributed by atoms with Crippen LogP contribution in [-0.4, -0.2) is 10.1 Å². The van der Waals surface area contributed by atoms with E-state index in [2.05, 4.69) is 32.2 Å². The summed E-state index contributed by atoms with van der Waals surface area (Å²) in [6.07, 6.45) is 1.33. The van der Waals surface area contributed by atoms with Crippen molar-refractivity contribution in [2.45, 2.75) is 25.3 Å². The Balaban J connectivity index is 2.15. The lowest BCUT2D eigenvalue weighted by molar-refractivity contribution is 0.464. The zero-order chi connectivity index (χ0) is 18.9. The number of nitriles is 1. The summed E-state index contributed by atoms with van der Waals surface area (Å²) in [5.74, 6) is -0.0818. The van der Waals surface area contributed by atoms with E-state index in [4.69, 9.17) is 0 Å². The average molecular weight is 410 g/mol. The highest BCUT2D eigenvalue weighted by Crippen LogP contribution is 2.38. The molecule has 0 radical (unpaired) electrons. The van der Waals surface area contributed by atoms with Crippen molar-refractivity contribution in [1.29, 1.82) is 5.26 Å². The molecular weight excluding hydrogens is 394 g/mol. The summed E-state index contributed by atoms with van der Waals surface area (Å²) in [6, 6.07) is 14.0. The highest BCUT2D eigenvalue weighted by Gasteiger charge is 2.24. The molecule has 0 bridgehead atoms. The molecule has 0 aliphatic heterocycles. The number of benzene rings is 2. The molecule has 0 spiro atoms. The van der Waals surface area contributed by atoms with Crippen LogP contribution in [-0.2, 0) is 5.41 Å². The molecule has 0 fully saturated rings. The number of halogens is 1. The van der Waals surface area contributed by atoms with Crippen molar-refractivity contribution >= 4 is 26.8 Å². The maximum atomic E-state index is 11.7. The van der Waals surface area contributed by atoms with Gasteiger partial charge in [-0.05, 0) is 43.2 Å². The first-order valence-corrected chi connectivity index (χ1v) is 8.78. The highest BCUT2D eigenvalue weighted by atomic mass is 79.9. The second-order valence-corrected chi connectivity index (χ2v) is 7.50. The van der Waals surface area contributed by atoms with E-state index in [1.807, 2.05) is 44.2 Å². The number of fused-ring (bicyclic) bond motifs is 1. The Labute approximate surface area is 159 Å². The van der Waals surface area contributed by atoms with Gasteiger partial charge in [0.05, 0.1) is 23.2 Å². The van der Waals surface area contributed by atoms with Gasteiger partial charge in [0.15, 0.2) is 0 Å². The van der Waals surface area contributed by atoms with Crippen LogP contribution in [0.15, 0.2) is 58.3 Å². The minimum Gasteiger partial charge on any atom is -0.506 e. The Kier molecular flexibility index (Phi) is 4.75. The van der Waals surface area contributed by atoms with Crippen molar-refractivity contribution in [2.24, 2.45) is 5.18 Å². The molecule has 130 valence electrons. The molecule has 0 saturated carbocycles. The predicted molar refractivity (Wildman–Crippen MR) is 104 cm³/mol. The Morgan fingerprint density at radius 3 is 2.54 bits per heavy atom. The SMILES string of the molecule is CC(C)(C#N)c1ccc(C(N=O)c2c(O)cnc3ccc(Br)cc23)cc1. The van der Waals surface area contributed by atoms with Gasteiger partial charge in [0.2, 0.25) is 0 Å². The van der Waals surface area contributed by atoms with Crippen LogP contribution in [0.2, 0.25) is 0 Å². The lowest BCUT2D eigenvalue weighted by atomic mass is 9.85. The molecule has 1 atom stereocenters. The Morgan fingerprint density at radius 1 is 1.23 bits per heavy atom. The number of hydrogen-bond acceptors (Lipinski definition) is 5. The van der Waals surface area contributed by atoms with Crippen molar-refractivity contribution in [3.8, 4) is 11.8 Å². The van der Waals surface area contributed by atoms with E-state index in [0.717, 1.165) is 10.0 Å². The van der Waals surface area contributed by atoms with E-state index in [9.17, 15) is 15.3 Å². The second-order valence-electron chi connectivity index (χ2n) is 6.59. The third kappa shape index (κ3) is 3.18. The monoisotopic (exact) mass is 409 g/mol. The molecule has 6 heteroatoms. The second kappa shape index (κ2) is 6.85. The van der Waals surface area contributed by atoms with Crippen LogP contribution in [0.3, 0.4) is 0 Å². The lowest BCUT2D eigenvalue weighted by Crippen LogP contribution is -2.13. The van der Waals surface area contributed by atoms with Crippen LogP contribution < -0.4 is 0 Å². The van der Waals surface area contributed by atoms with Gasteiger partial charge >= 0.3 is 0 Å². The third-order valence-corrected chi connectivity index (χ3v) is 4.95. The maximum absolute atomic E-state index is 11.7. The molecule has 3 aromatic rings. The fourth-order valence-electron chi connectivity index (χ4n) is 2.89. The molecule has 5 nitrogen and oxygen atoms in total. The van der Waals surface area contributed by atoms with E-state index in [0.29, 0.717) is 22.0 Å². The maximum Gasteiger partial charge on any atom is 0.146 e. The largest absolute Gasteiger partial charge is 0.506 e. The van der Waals surface area contributed by atoms with Gasteiger partial charge in [0.25, 0.3) is 0 Å². The van der Waals surface area contributed by atoms with Gasteiger partial charge in [-0.1, -0.05) is 45.4 Å². The summed E-state index contributed by atoms with van der Waals surface area (Å²) in [6.45, 7) is 3.66. The predicted octanol–water partition coefficient (Wildman–Crippen LogP) is 5.36. The number of aromatic hydroxyl groups is 1. The summed E-state index contributed by atoms with van der Waals surface area (Å²) in [7, 11) is 0. The molecule has 1 unspecified atom stereocenters. The number of aromatic nitrogens is 1. The Morgan fingerprint density at radius 2 is 1.92 bits per heavy atom. The molecule has 0 aliphatic rings. The fourth-order valence-corrected chi connectivity index (χ4v) is 3.25. The zero-order valence-electron chi connectivity index (χ0n) is 14.3. The van der Waals surface area contributed by atoms with Crippen LogP contribution in [0, 0.1) is 16.2 Å². The average Bonchev–Trinajstić information content (AvgIpc) is 2.64. The number of rotatable bonds is 4. The molecule has 1 N–H and O–H groups in total. The van der Waals surface area contributed by atoms with Crippen LogP contribution >= 0.6 is 15.9 Å². The van der Waals surface area contributed by atoms with Gasteiger partial charge in [-0.2, -0.15) is 5.26 Å². The molecule has 0 amide bonds. The topological polar surface area (TPSA) is 86.3 Å². The molecule has 3 rings (SSSR count). The number of pyridine rings is 1. The summed E-state index contributed by atoms with van der Waals surface area (Å²) in [4.78, 5) is 15.9. The minimum absolute atomic E-state index is 0.0818. The van der Waals surface area contributed by atoms with Gasteiger partial charge in [0, 0.05) is 15.4 Å². The number of nitroso groups, excluding NO2 is 1. The van der Waals surface area contributed by atoms with Gasteiger partial charge in [-0.25, -0.2) is 0 Å². The van der Waals surface area contributed by atoms with Gasteiger partial charge in [0.1, 0.15) is 11.8 Å². The molecule has 2 aromatic carbocycles. The number of hydrogen-bond donors (Lipinski definition) is 1. The van der Waals surface area contributed by atoms with Crippen molar-refractivity contribution in [1.82, 2.24) is 4.98 Å². The summed E-state index contributed by atoms with van der Waals surface area (Å²) in [5.41, 5.74) is 1.94. The number of nitrogens with zero attached hydrogens (tertiary/aromatic N) is 3. The normalized spacial score (nSPS) is 12.5. The zero-order valence-corrected chi connectivity index (χ0v) is 15.9. The van der Waals surface area contributed by atoms with Crippen molar-refractivity contribution in [2.75, 3.05) is 0 Å². The van der Waals surface area contributed by atoms with Crippen LogP contribution in [0.1, 0.15) is 36.6 Å². The molecular formula is C20H16BrN3O2. The lowest BCUT2D eigenvalue weighted by Gasteiger charge is -2.18. The van der Waals surface area contributed by atoms with Crippen LogP contribution in [0.25, 0.3) is 10.9 Å². The molecule has 0 aliphatic carbocycles. The first-order chi connectivity index (χ1) is 12.4. The molecule has 1 heterocycles. The van der Waals surface area contributed by atoms with Crippen LogP contribution in [0.5, 0.6) is 5.75 Å². The quantitative estimate of drug-likeness (QED) is 0.587. The third-order valence-electron chi connectivity index (χ3n) is 4.46. The van der Waals surface area contributed by atoms with E-state index < -0.39 is 11.5 Å². The molecule has 26 heavy (non-hydrogen) atoms. The van der Waals surface area contributed by atoms with Gasteiger partial charge in [-0.3, -0.25) is 4.98 Å². The minimum atomic E-state index is -0.881. The first-order valence-electron chi connectivity index (χ1n) is 7.98.